The highest BCUT2D eigenvalue weighted by molar-refractivity contribution is 5.10. The predicted octanol–water partition coefficient (Wildman–Crippen LogP) is 2.82. The molecular weight excluding hydrogens is 253 g/mol. The van der Waals surface area contributed by atoms with Crippen LogP contribution in [-0.4, -0.2) is 35.6 Å². The Morgan fingerprint density at radius 2 is 2.15 bits per heavy atom. The van der Waals surface area contributed by atoms with Crippen LogP contribution in [0.2, 0.25) is 0 Å². The smallest absolute Gasteiger partial charge is 0.141 e. The number of aromatic nitrogens is 1. The van der Waals surface area contributed by atoms with Gasteiger partial charge in [0.25, 0.3) is 0 Å². The van der Waals surface area contributed by atoms with Crippen molar-refractivity contribution in [3.05, 3.63) is 29.8 Å². The standard InChI is InChI=1S/C16H26FN3/c1-3-6-19-13(2)15-4-7-20(8-5-15)12-14-9-16(17)11-18-10-14/h9-11,13,15,19H,3-8,12H2,1-2H3. The Bertz CT molecular complexity index is 402. The normalized spacial score (nSPS) is 19.1. The fraction of sp³-hybridized carbons (Fsp3) is 0.688. The molecule has 0 spiro atoms. The van der Waals surface area contributed by atoms with Gasteiger partial charge in [-0.3, -0.25) is 9.88 Å². The van der Waals surface area contributed by atoms with Gasteiger partial charge in [0, 0.05) is 18.8 Å². The quantitative estimate of drug-likeness (QED) is 0.868. The molecular formula is C16H26FN3. The van der Waals surface area contributed by atoms with E-state index in [2.05, 4.69) is 29.0 Å². The summed E-state index contributed by atoms with van der Waals surface area (Å²) in [6, 6.07) is 2.19. The highest BCUT2D eigenvalue weighted by Crippen LogP contribution is 2.22. The van der Waals surface area contributed by atoms with Crippen molar-refractivity contribution in [1.29, 1.82) is 0 Å². The van der Waals surface area contributed by atoms with E-state index >= 15 is 0 Å². The topological polar surface area (TPSA) is 28.2 Å². The zero-order valence-corrected chi connectivity index (χ0v) is 12.6. The lowest BCUT2D eigenvalue weighted by molar-refractivity contribution is 0.156. The molecule has 0 aromatic carbocycles. The third-order valence-corrected chi connectivity index (χ3v) is 4.22. The second-order valence-corrected chi connectivity index (χ2v) is 5.87. The van der Waals surface area contributed by atoms with E-state index in [4.69, 9.17) is 0 Å². The molecule has 1 atom stereocenters. The van der Waals surface area contributed by atoms with Gasteiger partial charge < -0.3 is 5.32 Å². The second-order valence-electron chi connectivity index (χ2n) is 5.87. The van der Waals surface area contributed by atoms with E-state index < -0.39 is 0 Å². The van der Waals surface area contributed by atoms with Gasteiger partial charge >= 0.3 is 0 Å². The molecule has 1 fully saturated rings. The largest absolute Gasteiger partial charge is 0.314 e. The van der Waals surface area contributed by atoms with Gasteiger partial charge in [0.1, 0.15) is 5.82 Å². The number of rotatable bonds is 6. The summed E-state index contributed by atoms with van der Waals surface area (Å²) < 4.78 is 13.1. The van der Waals surface area contributed by atoms with Crippen molar-refractivity contribution in [1.82, 2.24) is 15.2 Å². The molecule has 1 saturated heterocycles. The fourth-order valence-corrected chi connectivity index (χ4v) is 2.95. The average molecular weight is 279 g/mol. The first kappa shape index (κ1) is 15.4. The third kappa shape index (κ3) is 4.53. The molecule has 4 heteroatoms. The number of hydrogen-bond donors (Lipinski definition) is 1. The Morgan fingerprint density at radius 1 is 1.40 bits per heavy atom. The molecule has 1 aliphatic rings. The SMILES string of the molecule is CCCNC(C)C1CCN(Cc2cncc(F)c2)CC1. The Hall–Kier alpha value is -1.00. The summed E-state index contributed by atoms with van der Waals surface area (Å²) in [5, 5.41) is 3.60. The minimum Gasteiger partial charge on any atom is -0.314 e. The van der Waals surface area contributed by atoms with Crippen LogP contribution < -0.4 is 5.32 Å². The van der Waals surface area contributed by atoms with E-state index in [9.17, 15) is 4.39 Å². The van der Waals surface area contributed by atoms with Crippen molar-refractivity contribution in [2.45, 2.75) is 45.7 Å². The molecule has 1 aliphatic heterocycles. The molecule has 0 aliphatic carbocycles. The number of hydrogen-bond acceptors (Lipinski definition) is 3. The summed E-state index contributed by atoms with van der Waals surface area (Å²) >= 11 is 0. The zero-order valence-electron chi connectivity index (χ0n) is 12.6. The number of likely N-dealkylation sites (tertiary alicyclic amines) is 1. The lowest BCUT2D eigenvalue weighted by Crippen LogP contribution is -2.41. The maximum atomic E-state index is 13.1. The van der Waals surface area contributed by atoms with Crippen molar-refractivity contribution in [2.24, 2.45) is 5.92 Å². The second kappa shape index (κ2) is 7.70. The Morgan fingerprint density at radius 3 is 2.80 bits per heavy atom. The Labute approximate surface area is 121 Å². The van der Waals surface area contributed by atoms with Crippen LogP contribution >= 0.6 is 0 Å². The first-order valence-electron chi connectivity index (χ1n) is 7.74. The molecule has 112 valence electrons. The van der Waals surface area contributed by atoms with Crippen LogP contribution in [0.15, 0.2) is 18.5 Å². The van der Waals surface area contributed by atoms with Crippen LogP contribution in [0, 0.1) is 11.7 Å². The van der Waals surface area contributed by atoms with Crippen LogP contribution in [-0.2, 0) is 6.54 Å². The van der Waals surface area contributed by atoms with Crippen molar-refractivity contribution in [3.8, 4) is 0 Å². The van der Waals surface area contributed by atoms with Crippen LogP contribution in [0.3, 0.4) is 0 Å². The van der Waals surface area contributed by atoms with Crippen molar-refractivity contribution < 1.29 is 4.39 Å². The summed E-state index contributed by atoms with van der Waals surface area (Å²) in [7, 11) is 0. The molecule has 0 radical (unpaired) electrons. The van der Waals surface area contributed by atoms with Crippen molar-refractivity contribution >= 4 is 0 Å². The van der Waals surface area contributed by atoms with Gasteiger partial charge in [0.15, 0.2) is 0 Å². The predicted molar refractivity (Wildman–Crippen MR) is 80.0 cm³/mol. The Balaban J connectivity index is 1.76. The molecule has 1 aromatic heterocycles. The zero-order chi connectivity index (χ0) is 14.4. The van der Waals surface area contributed by atoms with Gasteiger partial charge in [0.05, 0.1) is 6.20 Å². The molecule has 2 heterocycles. The maximum absolute atomic E-state index is 13.1. The number of nitrogens with zero attached hydrogens (tertiary/aromatic N) is 2. The highest BCUT2D eigenvalue weighted by atomic mass is 19.1. The first-order valence-corrected chi connectivity index (χ1v) is 7.74. The number of nitrogens with one attached hydrogen (secondary N) is 1. The summed E-state index contributed by atoms with van der Waals surface area (Å²) in [5.74, 6) is 0.526. The molecule has 1 aromatic rings. The van der Waals surface area contributed by atoms with E-state index in [-0.39, 0.29) is 5.82 Å². The number of pyridine rings is 1. The van der Waals surface area contributed by atoms with E-state index in [0.29, 0.717) is 6.04 Å². The van der Waals surface area contributed by atoms with Crippen molar-refractivity contribution in [3.63, 3.8) is 0 Å². The van der Waals surface area contributed by atoms with Gasteiger partial charge in [-0.25, -0.2) is 4.39 Å². The molecule has 1 N–H and O–H groups in total. The molecule has 0 amide bonds. The van der Waals surface area contributed by atoms with E-state index in [1.165, 1.54) is 25.5 Å². The minimum absolute atomic E-state index is 0.241. The lowest BCUT2D eigenvalue weighted by atomic mass is 9.90. The molecule has 0 saturated carbocycles. The van der Waals surface area contributed by atoms with Gasteiger partial charge in [-0.1, -0.05) is 6.92 Å². The van der Waals surface area contributed by atoms with Crippen LogP contribution in [0.1, 0.15) is 38.7 Å². The van der Waals surface area contributed by atoms with Gasteiger partial charge in [0.2, 0.25) is 0 Å². The summed E-state index contributed by atoms with van der Waals surface area (Å²) in [4.78, 5) is 6.32. The monoisotopic (exact) mass is 279 g/mol. The molecule has 3 nitrogen and oxygen atoms in total. The van der Waals surface area contributed by atoms with Crippen LogP contribution in [0.5, 0.6) is 0 Å². The van der Waals surface area contributed by atoms with E-state index in [0.717, 1.165) is 37.7 Å². The minimum atomic E-state index is -0.241. The van der Waals surface area contributed by atoms with E-state index in [1.807, 2.05) is 0 Å². The maximum Gasteiger partial charge on any atom is 0.141 e. The first-order chi connectivity index (χ1) is 9.69. The van der Waals surface area contributed by atoms with Gasteiger partial charge in [-0.05, 0) is 63.4 Å². The summed E-state index contributed by atoms with van der Waals surface area (Å²) in [6.45, 7) is 8.62. The van der Waals surface area contributed by atoms with Gasteiger partial charge in [-0.15, -0.1) is 0 Å². The van der Waals surface area contributed by atoms with Crippen LogP contribution in [0.4, 0.5) is 4.39 Å². The number of halogens is 1. The van der Waals surface area contributed by atoms with Gasteiger partial charge in [-0.2, -0.15) is 0 Å². The molecule has 2 rings (SSSR count). The Kier molecular flexibility index (Phi) is 5.92. The van der Waals surface area contributed by atoms with Crippen LogP contribution in [0.25, 0.3) is 0 Å². The van der Waals surface area contributed by atoms with E-state index in [1.54, 1.807) is 12.3 Å². The summed E-state index contributed by atoms with van der Waals surface area (Å²) in [5.41, 5.74) is 0.973. The summed E-state index contributed by atoms with van der Waals surface area (Å²) in [6.07, 6.45) is 6.66. The lowest BCUT2D eigenvalue weighted by Gasteiger charge is -2.35. The van der Waals surface area contributed by atoms with Crippen molar-refractivity contribution in [2.75, 3.05) is 19.6 Å². The third-order valence-electron chi connectivity index (χ3n) is 4.22. The highest BCUT2D eigenvalue weighted by Gasteiger charge is 2.23. The number of piperidine rings is 1. The average Bonchev–Trinajstić information content (AvgIpc) is 2.45. The molecule has 1 unspecified atom stereocenters. The fourth-order valence-electron chi connectivity index (χ4n) is 2.95. The molecule has 20 heavy (non-hydrogen) atoms. The molecule has 0 bridgehead atoms.